The summed E-state index contributed by atoms with van der Waals surface area (Å²) in [4.78, 5) is 12.4. The van der Waals surface area contributed by atoms with E-state index in [0.29, 0.717) is 29.0 Å². The number of aromatic nitrogens is 3. The van der Waals surface area contributed by atoms with Crippen molar-refractivity contribution in [3.8, 4) is 34.9 Å². The van der Waals surface area contributed by atoms with Gasteiger partial charge >= 0.3 is 20.5 Å². The van der Waals surface area contributed by atoms with Gasteiger partial charge < -0.3 is 18.9 Å². The van der Waals surface area contributed by atoms with Crippen LogP contribution in [0.4, 0.5) is 0 Å². The average molecular weight is 338 g/mol. The van der Waals surface area contributed by atoms with Crippen molar-refractivity contribution in [1.29, 1.82) is 0 Å². The summed E-state index contributed by atoms with van der Waals surface area (Å²) in [7, 11) is 5.47. The molecule has 0 aliphatic heterocycles. The largest absolute Gasteiger partial charge is 0.492 e. The van der Waals surface area contributed by atoms with E-state index in [1.165, 1.54) is 28.4 Å². The second-order valence-electron chi connectivity index (χ2n) is 4.29. The molecule has 122 valence electrons. The van der Waals surface area contributed by atoms with Gasteiger partial charge in [-0.3, -0.25) is 0 Å². The van der Waals surface area contributed by atoms with Crippen LogP contribution in [0.25, 0.3) is 11.4 Å². The SMILES string of the molecule is COc1nc(OC)nc(-c2ccc(C[PH+]=O)c(OC)c2OC)n1. The number of rotatable bonds is 7. The second kappa shape index (κ2) is 7.69. The van der Waals surface area contributed by atoms with E-state index >= 15 is 0 Å². The summed E-state index contributed by atoms with van der Waals surface area (Å²) in [6.45, 7) is 0. The van der Waals surface area contributed by atoms with Crippen LogP contribution >= 0.6 is 8.46 Å². The van der Waals surface area contributed by atoms with E-state index in [0.717, 1.165) is 5.56 Å². The fraction of sp³-hybridized carbons (Fsp3) is 0.357. The molecule has 1 aromatic carbocycles. The van der Waals surface area contributed by atoms with Crippen molar-refractivity contribution in [3.63, 3.8) is 0 Å². The molecule has 0 fully saturated rings. The molecule has 0 N–H and O–H groups in total. The Balaban J connectivity index is 2.65. The van der Waals surface area contributed by atoms with Crippen LogP contribution < -0.4 is 18.9 Å². The highest BCUT2D eigenvalue weighted by molar-refractivity contribution is 7.22. The van der Waals surface area contributed by atoms with Crippen molar-refractivity contribution in [3.05, 3.63) is 17.7 Å². The van der Waals surface area contributed by atoms with E-state index in [9.17, 15) is 4.57 Å². The third-order valence-electron chi connectivity index (χ3n) is 3.06. The molecule has 9 heteroatoms. The minimum atomic E-state index is -0.475. The fourth-order valence-electron chi connectivity index (χ4n) is 2.06. The van der Waals surface area contributed by atoms with Gasteiger partial charge in [-0.25, -0.2) is 0 Å². The molecule has 0 bridgehead atoms. The fourth-order valence-corrected chi connectivity index (χ4v) is 2.50. The Bertz CT molecular complexity index is 689. The molecule has 1 atom stereocenters. The quantitative estimate of drug-likeness (QED) is 0.709. The molecule has 2 aromatic rings. The Morgan fingerprint density at radius 1 is 0.870 bits per heavy atom. The minimum absolute atomic E-state index is 0.123. The van der Waals surface area contributed by atoms with Gasteiger partial charge in [0.25, 0.3) is 0 Å². The lowest BCUT2D eigenvalue weighted by Gasteiger charge is -2.14. The van der Waals surface area contributed by atoms with E-state index in [2.05, 4.69) is 15.0 Å². The van der Waals surface area contributed by atoms with Crippen molar-refractivity contribution >= 4 is 8.46 Å². The first-order valence-electron chi connectivity index (χ1n) is 6.61. The van der Waals surface area contributed by atoms with E-state index < -0.39 is 8.46 Å². The molecule has 0 saturated heterocycles. The van der Waals surface area contributed by atoms with Gasteiger partial charge in [-0.05, 0) is 6.07 Å². The lowest BCUT2D eigenvalue weighted by molar-refractivity contribution is 0.339. The van der Waals surface area contributed by atoms with E-state index in [4.69, 9.17) is 18.9 Å². The lowest BCUT2D eigenvalue weighted by atomic mass is 10.1. The molecule has 0 aliphatic rings. The Labute approximate surface area is 135 Å². The second-order valence-corrected chi connectivity index (χ2v) is 4.93. The van der Waals surface area contributed by atoms with Crippen LogP contribution in [0, 0.1) is 0 Å². The molecule has 1 unspecified atom stereocenters. The number of hydrogen-bond acceptors (Lipinski definition) is 8. The first-order valence-corrected chi connectivity index (χ1v) is 7.73. The predicted octanol–water partition coefficient (Wildman–Crippen LogP) is 2.10. The number of nitrogens with zero attached hydrogens (tertiary/aromatic N) is 3. The van der Waals surface area contributed by atoms with Crippen LogP contribution in [-0.2, 0) is 10.7 Å². The van der Waals surface area contributed by atoms with E-state index in [1.807, 2.05) is 0 Å². The molecule has 1 heterocycles. The summed E-state index contributed by atoms with van der Waals surface area (Å²) in [6.07, 6.45) is 0.365. The first-order chi connectivity index (χ1) is 11.2. The monoisotopic (exact) mass is 338 g/mol. The Hall–Kier alpha value is -2.47. The summed E-state index contributed by atoms with van der Waals surface area (Å²) in [5.74, 6) is 1.25. The van der Waals surface area contributed by atoms with Crippen LogP contribution in [0.15, 0.2) is 12.1 Å². The molecule has 0 amide bonds. The number of benzene rings is 1. The molecule has 23 heavy (non-hydrogen) atoms. The Morgan fingerprint density at radius 2 is 1.48 bits per heavy atom. The zero-order chi connectivity index (χ0) is 16.8. The van der Waals surface area contributed by atoms with Crippen molar-refractivity contribution in [2.45, 2.75) is 6.16 Å². The topological polar surface area (TPSA) is 92.7 Å². The van der Waals surface area contributed by atoms with Crippen molar-refractivity contribution in [2.24, 2.45) is 0 Å². The Kier molecular flexibility index (Phi) is 5.65. The van der Waals surface area contributed by atoms with Crippen molar-refractivity contribution < 1.29 is 23.5 Å². The van der Waals surface area contributed by atoms with E-state index in [1.54, 1.807) is 12.1 Å². The third kappa shape index (κ3) is 3.48. The van der Waals surface area contributed by atoms with E-state index in [-0.39, 0.29) is 12.0 Å². The normalized spacial score (nSPS) is 10.4. The molecule has 0 spiro atoms. The highest BCUT2D eigenvalue weighted by Gasteiger charge is 2.21. The highest BCUT2D eigenvalue weighted by atomic mass is 31.1. The van der Waals surface area contributed by atoms with Gasteiger partial charge in [0.15, 0.2) is 23.5 Å². The molecular formula is C14H17N3O5P+. The summed E-state index contributed by atoms with van der Waals surface area (Å²) in [5, 5.41) is 0. The lowest BCUT2D eigenvalue weighted by Crippen LogP contribution is -2.03. The van der Waals surface area contributed by atoms with Crippen molar-refractivity contribution in [1.82, 2.24) is 15.0 Å². The van der Waals surface area contributed by atoms with Gasteiger partial charge in [0.1, 0.15) is 0 Å². The number of hydrogen-bond donors (Lipinski definition) is 0. The smallest absolute Gasteiger partial charge is 0.329 e. The van der Waals surface area contributed by atoms with Crippen molar-refractivity contribution in [2.75, 3.05) is 28.4 Å². The standard InChI is InChI=1S/C14H16N3O5P/c1-19-10-8(7-23-18)5-6-9(11(10)20-2)12-15-13(21-3)17-14(16-12)22-4/h5-6H,7H2,1-4H3/p+1. The van der Waals surface area contributed by atoms with Gasteiger partial charge in [0.05, 0.1) is 34.0 Å². The molecule has 2 rings (SSSR count). The van der Waals surface area contributed by atoms with Crippen LogP contribution in [0.3, 0.4) is 0 Å². The molecule has 0 radical (unpaired) electrons. The zero-order valence-corrected chi connectivity index (χ0v) is 14.2. The average Bonchev–Trinajstić information content (AvgIpc) is 2.60. The molecule has 8 nitrogen and oxygen atoms in total. The first kappa shape index (κ1) is 16.9. The third-order valence-corrected chi connectivity index (χ3v) is 3.59. The van der Waals surface area contributed by atoms with Gasteiger partial charge in [-0.1, -0.05) is 10.6 Å². The van der Waals surface area contributed by atoms with Crippen LogP contribution in [0.5, 0.6) is 23.5 Å². The van der Waals surface area contributed by atoms with Gasteiger partial charge in [-0.2, -0.15) is 9.97 Å². The zero-order valence-electron chi connectivity index (χ0n) is 13.2. The minimum Gasteiger partial charge on any atom is -0.492 e. The highest BCUT2D eigenvalue weighted by Crippen LogP contribution is 2.40. The number of ether oxygens (including phenoxy) is 4. The summed E-state index contributed by atoms with van der Waals surface area (Å²) >= 11 is 0. The molecule has 0 saturated carbocycles. The van der Waals surface area contributed by atoms with Crippen LogP contribution in [0.1, 0.15) is 5.56 Å². The van der Waals surface area contributed by atoms with Gasteiger partial charge in [-0.15, -0.1) is 4.98 Å². The molecule has 1 aromatic heterocycles. The maximum Gasteiger partial charge on any atom is 0.329 e. The summed E-state index contributed by atoms with van der Waals surface area (Å²) in [5.41, 5.74) is 1.36. The Morgan fingerprint density at radius 3 is 1.96 bits per heavy atom. The predicted molar refractivity (Wildman–Crippen MR) is 84.2 cm³/mol. The van der Waals surface area contributed by atoms with Gasteiger partial charge in [0.2, 0.25) is 0 Å². The summed E-state index contributed by atoms with van der Waals surface area (Å²) in [6, 6.07) is 3.81. The molecule has 0 aliphatic carbocycles. The maximum absolute atomic E-state index is 11.0. The number of methoxy groups -OCH3 is 4. The van der Waals surface area contributed by atoms with Crippen LogP contribution in [-0.4, -0.2) is 43.4 Å². The summed E-state index contributed by atoms with van der Waals surface area (Å²) < 4.78 is 31.9. The van der Waals surface area contributed by atoms with Gasteiger partial charge in [0, 0.05) is 5.56 Å². The van der Waals surface area contributed by atoms with Crippen LogP contribution in [0.2, 0.25) is 0 Å². The maximum atomic E-state index is 11.0. The molecular weight excluding hydrogens is 321 g/mol.